The van der Waals surface area contributed by atoms with Crippen molar-refractivity contribution in [2.24, 2.45) is 0 Å². The predicted molar refractivity (Wildman–Crippen MR) is 106 cm³/mol. The number of halogens is 5. The fourth-order valence-electron chi connectivity index (χ4n) is 4.44. The van der Waals surface area contributed by atoms with Crippen LogP contribution in [0, 0.1) is 18.6 Å². The highest BCUT2D eigenvalue weighted by atomic mass is 19.4. The Labute approximate surface area is 175 Å². The van der Waals surface area contributed by atoms with Crippen LogP contribution < -0.4 is 5.32 Å². The first-order valence-electron chi connectivity index (χ1n) is 9.61. The number of anilines is 1. The molecule has 0 saturated heterocycles. The van der Waals surface area contributed by atoms with Gasteiger partial charge in [-0.25, -0.2) is 18.7 Å². The van der Waals surface area contributed by atoms with Crippen LogP contribution in [0.1, 0.15) is 43.3 Å². The van der Waals surface area contributed by atoms with Crippen LogP contribution in [0.4, 0.5) is 27.6 Å². The molecule has 0 saturated carbocycles. The third kappa shape index (κ3) is 3.31. The first-order chi connectivity index (χ1) is 14.3. The van der Waals surface area contributed by atoms with E-state index < -0.39 is 41.3 Å². The van der Waals surface area contributed by atoms with E-state index in [1.807, 2.05) is 0 Å². The summed E-state index contributed by atoms with van der Waals surface area (Å²) in [7, 11) is 0. The third-order valence-corrected chi connectivity index (χ3v) is 5.87. The van der Waals surface area contributed by atoms with Gasteiger partial charge in [0.05, 0.1) is 6.04 Å². The van der Waals surface area contributed by atoms with Crippen molar-refractivity contribution in [2.45, 2.75) is 50.4 Å². The minimum absolute atomic E-state index is 0.0105. The SMILES string of the molecule is Cc1ncc2c(N[C@H]3c4ccccc4C(C)(C)C[C@]3(O)C(F)(F)F)cc(F)c(F)c2n1. The van der Waals surface area contributed by atoms with Crippen molar-refractivity contribution >= 4 is 16.6 Å². The molecule has 4 nitrogen and oxygen atoms in total. The summed E-state index contributed by atoms with van der Waals surface area (Å²) in [5.74, 6) is -2.31. The van der Waals surface area contributed by atoms with Crippen molar-refractivity contribution in [3.05, 3.63) is 65.1 Å². The quantitative estimate of drug-likeness (QED) is 0.531. The zero-order chi connectivity index (χ0) is 22.8. The molecule has 31 heavy (non-hydrogen) atoms. The number of fused-ring (bicyclic) bond motifs is 2. The summed E-state index contributed by atoms with van der Waals surface area (Å²) in [4.78, 5) is 7.85. The molecule has 1 aliphatic rings. The van der Waals surface area contributed by atoms with Gasteiger partial charge in [0.15, 0.2) is 17.2 Å². The summed E-state index contributed by atoms with van der Waals surface area (Å²) >= 11 is 0. The monoisotopic (exact) mass is 437 g/mol. The maximum Gasteiger partial charge on any atom is 0.419 e. The lowest BCUT2D eigenvalue weighted by Gasteiger charge is -2.49. The van der Waals surface area contributed by atoms with Gasteiger partial charge in [0, 0.05) is 23.3 Å². The Morgan fingerprint density at radius 1 is 1.16 bits per heavy atom. The molecule has 1 aliphatic carbocycles. The summed E-state index contributed by atoms with van der Waals surface area (Å²) < 4.78 is 71.1. The topological polar surface area (TPSA) is 58.0 Å². The molecule has 0 aliphatic heterocycles. The smallest absolute Gasteiger partial charge is 0.379 e. The second-order valence-electron chi connectivity index (χ2n) is 8.55. The molecular formula is C22H20F5N3O. The van der Waals surface area contributed by atoms with Gasteiger partial charge in [0.25, 0.3) is 0 Å². The molecule has 0 spiro atoms. The number of aryl methyl sites for hydroxylation is 1. The van der Waals surface area contributed by atoms with Gasteiger partial charge >= 0.3 is 6.18 Å². The Morgan fingerprint density at radius 3 is 2.52 bits per heavy atom. The van der Waals surface area contributed by atoms with Crippen LogP contribution >= 0.6 is 0 Å². The van der Waals surface area contributed by atoms with E-state index in [4.69, 9.17) is 0 Å². The van der Waals surface area contributed by atoms with E-state index in [1.165, 1.54) is 19.2 Å². The van der Waals surface area contributed by atoms with Gasteiger partial charge in [0.1, 0.15) is 11.3 Å². The van der Waals surface area contributed by atoms with E-state index in [0.29, 0.717) is 5.56 Å². The zero-order valence-electron chi connectivity index (χ0n) is 17.0. The van der Waals surface area contributed by atoms with Gasteiger partial charge in [-0.05, 0) is 29.9 Å². The minimum Gasteiger partial charge on any atom is -0.379 e. The second-order valence-corrected chi connectivity index (χ2v) is 8.55. The standard InChI is InChI=1S/C22H20F5N3O/c1-11-28-9-13-16(8-15(23)17(24)18(13)29-11)30-19-12-6-4-5-7-14(12)20(2,3)10-21(19,31)22(25,26)27/h4-9,19,30-31H,10H2,1-3H3/t19-,21+/m0/s1. The average Bonchev–Trinajstić information content (AvgIpc) is 2.67. The predicted octanol–water partition coefficient (Wildman–Crippen LogP) is 5.34. The van der Waals surface area contributed by atoms with Gasteiger partial charge in [-0.2, -0.15) is 13.2 Å². The molecule has 3 aromatic rings. The summed E-state index contributed by atoms with van der Waals surface area (Å²) in [6.07, 6.45) is -4.39. The minimum atomic E-state index is -4.99. The van der Waals surface area contributed by atoms with Crippen molar-refractivity contribution in [1.82, 2.24) is 9.97 Å². The van der Waals surface area contributed by atoms with Gasteiger partial charge in [-0.3, -0.25) is 0 Å². The largest absolute Gasteiger partial charge is 0.419 e. The van der Waals surface area contributed by atoms with Crippen LogP contribution in [0.3, 0.4) is 0 Å². The van der Waals surface area contributed by atoms with Gasteiger partial charge in [-0.1, -0.05) is 38.1 Å². The van der Waals surface area contributed by atoms with Crippen LogP contribution in [0.5, 0.6) is 0 Å². The highest BCUT2D eigenvalue weighted by Gasteiger charge is 2.63. The molecular weight excluding hydrogens is 417 g/mol. The maximum absolute atomic E-state index is 14.3. The Balaban J connectivity index is 1.95. The number of hydrogen-bond donors (Lipinski definition) is 2. The van der Waals surface area contributed by atoms with Crippen LogP contribution in [0.25, 0.3) is 10.9 Å². The number of aromatic nitrogens is 2. The van der Waals surface area contributed by atoms with Crippen molar-refractivity contribution < 1.29 is 27.1 Å². The van der Waals surface area contributed by atoms with E-state index in [9.17, 15) is 27.1 Å². The van der Waals surface area contributed by atoms with Crippen LogP contribution in [0.15, 0.2) is 36.5 Å². The lowest BCUT2D eigenvalue weighted by atomic mass is 9.63. The number of nitrogens with one attached hydrogen (secondary N) is 1. The molecule has 1 heterocycles. The molecule has 0 bridgehead atoms. The fourth-order valence-corrected chi connectivity index (χ4v) is 4.44. The molecule has 1 aromatic heterocycles. The molecule has 0 radical (unpaired) electrons. The van der Waals surface area contributed by atoms with E-state index in [-0.39, 0.29) is 28.0 Å². The van der Waals surface area contributed by atoms with Crippen molar-refractivity contribution in [1.29, 1.82) is 0 Å². The number of hydrogen-bond acceptors (Lipinski definition) is 4. The Kier molecular flexibility index (Phi) is 4.73. The van der Waals surface area contributed by atoms with Gasteiger partial charge < -0.3 is 10.4 Å². The van der Waals surface area contributed by atoms with Crippen molar-refractivity contribution in [3.8, 4) is 0 Å². The highest BCUT2D eigenvalue weighted by molar-refractivity contribution is 5.91. The lowest BCUT2D eigenvalue weighted by molar-refractivity contribution is -0.275. The first-order valence-corrected chi connectivity index (χ1v) is 9.61. The number of benzene rings is 2. The number of nitrogens with zero attached hydrogens (tertiary/aromatic N) is 2. The van der Waals surface area contributed by atoms with Gasteiger partial charge in [-0.15, -0.1) is 0 Å². The molecule has 9 heteroatoms. The van der Waals surface area contributed by atoms with Crippen LogP contribution in [0.2, 0.25) is 0 Å². The second kappa shape index (κ2) is 6.85. The van der Waals surface area contributed by atoms with E-state index in [2.05, 4.69) is 15.3 Å². The molecule has 4 rings (SSSR count). The average molecular weight is 437 g/mol. The summed E-state index contributed by atoms with van der Waals surface area (Å²) in [6.45, 7) is 4.74. The van der Waals surface area contributed by atoms with E-state index in [1.54, 1.807) is 32.0 Å². The van der Waals surface area contributed by atoms with Crippen molar-refractivity contribution in [2.75, 3.05) is 5.32 Å². The molecule has 0 amide bonds. The fraction of sp³-hybridized carbons (Fsp3) is 0.364. The number of rotatable bonds is 2. The zero-order valence-corrected chi connectivity index (χ0v) is 17.0. The molecule has 2 aromatic carbocycles. The normalized spacial score (nSPS) is 22.9. The summed E-state index contributed by atoms with van der Waals surface area (Å²) in [5.41, 5.74) is -3.78. The Bertz CT molecular complexity index is 1180. The Hall–Kier alpha value is -2.81. The molecule has 0 fully saturated rings. The van der Waals surface area contributed by atoms with E-state index >= 15 is 0 Å². The molecule has 2 atom stereocenters. The number of alkyl halides is 3. The van der Waals surface area contributed by atoms with Crippen LogP contribution in [-0.4, -0.2) is 26.9 Å². The van der Waals surface area contributed by atoms with Crippen LogP contribution in [-0.2, 0) is 5.41 Å². The Morgan fingerprint density at radius 2 is 1.84 bits per heavy atom. The molecule has 0 unspecified atom stereocenters. The van der Waals surface area contributed by atoms with Gasteiger partial charge in [0.2, 0.25) is 0 Å². The summed E-state index contributed by atoms with van der Waals surface area (Å²) in [6, 6.07) is 5.57. The molecule has 164 valence electrons. The highest BCUT2D eigenvalue weighted by Crippen LogP contribution is 2.54. The maximum atomic E-state index is 14.3. The molecule has 2 N–H and O–H groups in total. The third-order valence-electron chi connectivity index (χ3n) is 5.87. The number of aliphatic hydroxyl groups is 1. The lowest BCUT2D eigenvalue weighted by Crippen LogP contribution is -2.58. The van der Waals surface area contributed by atoms with E-state index in [0.717, 1.165) is 6.07 Å². The van der Waals surface area contributed by atoms with Crippen molar-refractivity contribution in [3.63, 3.8) is 0 Å². The first kappa shape index (κ1) is 21.4. The summed E-state index contributed by atoms with van der Waals surface area (Å²) in [5, 5.41) is 13.6.